The van der Waals surface area contributed by atoms with E-state index in [0.29, 0.717) is 11.3 Å². The highest BCUT2D eigenvalue weighted by molar-refractivity contribution is 5.48. The Kier molecular flexibility index (Phi) is 3.64. The van der Waals surface area contributed by atoms with E-state index in [0.717, 1.165) is 0 Å². The molecule has 0 aliphatic carbocycles. The number of aliphatic hydroxyl groups is 1. The van der Waals surface area contributed by atoms with Crippen molar-refractivity contribution in [1.29, 1.82) is 5.26 Å². The SMILES string of the molecule is CN(C)c1ccc(C(O)CC#N)cc1F. The number of rotatable bonds is 3. The van der Waals surface area contributed by atoms with Crippen molar-refractivity contribution < 1.29 is 9.50 Å². The molecule has 0 aliphatic heterocycles. The highest BCUT2D eigenvalue weighted by atomic mass is 19.1. The lowest BCUT2D eigenvalue weighted by Gasteiger charge is -2.15. The van der Waals surface area contributed by atoms with Crippen LogP contribution in [0.1, 0.15) is 18.1 Å². The van der Waals surface area contributed by atoms with Crippen molar-refractivity contribution in [2.24, 2.45) is 0 Å². The molecule has 3 nitrogen and oxygen atoms in total. The first kappa shape index (κ1) is 11.5. The second-order valence-electron chi connectivity index (χ2n) is 3.48. The van der Waals surface area contributed by atoms with Gasteiger partial charge in [-0.15, -0.1) is 0 Å². The van der Waals surface area contributed by atoms with Gasteiger partial charge in [-0.2, -0.15) is 5.26 Å². The zero-order valence-electron chi connectivity index (χ0n) is 8.74. The number of benzene rings is 1. The molecule has 1 aromatic carbocycles. The molecule has 0 saturated carbocycles. The summed E-state index contributed by atoms with van der Waals surface area (Å²) < 4.78 is 13.5. The van der Waals surface area contributed by atoms with Crippen molar-refractivity contribution in [3.8, 4) is 6.07 Å². The minimum absolute atomic E-state index is 0.0270. The van der Waals surface area contributed by atoms with Gasteiger partial charge in [-0.25, -0.2) is 4.39 Å². The summed E-state index contributed by atoms with van der Waals surface area (Å²) in [5, 5.41) is 17.9. The summed E-state index contributed by atoms with van der Waals surface area (Å²) in [5.74, 6) is -0.394. The molecular formula is C11H13FN2O. The Morgan fingerprint density at radius 1 is 1.53 bits per heavy atom. The Hall–Kier alpha value is -1.60. The number of hydrogen-bond acceptors (Lipinski definition) is 3. The number of nitriles is 1. The van der Waals surface area contributed by atoms with Gasteiger partial charge in [-0.3, -0.25) is 0 Å². The number of aliphatic hydroxyl groups excluding tert-OH is 1. The third kappa shape index (κ3) is 2.67. The summed E-state index contributed by atoms with van der Waals surface area (Å²) in [6.45, 7) is 0. The van der Waals surface area contributed by atoms with Crippen molar-refractivity contribution in [2.45, 2.75) is 12.5 Å². The van der Waals surface area contributed by atoms with Gasteiger partial charge in [-0.1, -0.05) is 6.07 Å². The van der Waals surface area contributed by atoms with Crippen LogP contribution in [0.5, 0.6) is 0 Å². The van der Waals surface area contributed by atoms with Crippen molar-refractivity contribution in [3.05, 3.63) is 29.6 Å². The van der Waals surface area contributed by atoms with Crippen LogP contribution in [0.15, 0.2) is 18.2 Å². The third-order valence-electron chi connectivity index (χ3n) is 2.12. The number of nitrogens with zero attached hydrogens (tertiary/aromatic N) is 2. The average molecular weight is 208 g/mol. The molecule has 0 spiro atoms. The number of anilines is 1. The van der Waals surface area contributed by atoms with E-state index >= 15 is 0 Å². The van der Waals surface area contributed by atoms with Gasteiger partial charge in [0.1, 0.15) is 5.82 Å². The molecule has 15 heavy (non-hydrogen) atoms. The molecular weight excluding hydrogens is 195 g/mol. The normalized spacial score (nSPS) is 11.9. The van der Waals surface area contributed by atoms with E-state index in [2.05, 4.69) is 0 Å². The van der Waals surface area contributed by atoms with E-state index in [9.17, 15) is 9.50 Å². The van der Waals surface area contributed by atoms with Gasteiger partial charge in [0.2, 0.25) is 0 Å². The molecule has 1 unspecified atom stereocenters. The molecule has 1 aromatic rings. The Balaban J connectivity index is 2.97. The van der Waals surface area contributed by atoms with Crippen molar-refractivity contribution in [3.63, 3.8) is 0 Å². The lowest BCUT2D eigenvalue weighted by Crippen LogP contribution is -2.11. The molecule has 0 amide bonds. The standard InChI is InChI=1S/C11H13FN2O/c1-14(2)10-4-3-8(7-9(10)12)11(15)5-6-13/h3-4,7,11,15H,5H2,1-2H3. The zero-order valence-corrected chi connectivity index (χ0v) is 8.74. The van der Waals surface area contributed by atoms with Crippen molar-refractivity contribution in [1.82, 2.24) is 0 Å². The fourth-order valence-electron chi connectivity index (χ4n) is 1.30. The van der Waals surface area contributed by atoms with Crippen molar-refractivity contribution in [2.75, 3.05) is 19.0 Å². The summed E-state index contributed by atoms with van der Waals surface area (Å²) in [4.78, 5) is 1.65. The molecule has 1 N–H and O–H groups in total. The lowest BCUT2D eigenvalue weighted by atomic mass is 10.1. The van der Waals surface area contributed by atoms with Gasteiger partial charge in [0.05, 0.1) is 24.3 Å². The van der Waals surface area contributed by atoms with Crippen molar-refractivity contribution >= 4 is 5.69 Å². The van der Waals surface area contributed by atoms with Crippen LogP contribution in [0, 0.1) is 17.1 Å². The largest absolute Gasteiger partial charge is 0.387 e. The molecule has 4 heteroatoms. The highest BCUT2D eigenvalue weighted by Crippen LogP contribution is 2.23. The van der Waals surface area contributed by atoms with Crippen LogP contribution >= 0.6 is 0 Å². The van der Waals surface area contributed by atoms with Gasteiger partial charge in [0.25, 0.3) is 0 Å². The predicted molar refractivity (Wildman–Crippen MR) is 55.9 cm³/mol. The topological polar surface area (TPSA) is 47.3 Å². The Morgan fingerprint density at radius 3 is 2.67 bits per heavy atom. The molecule has 1 atom stereocenters. The molecule has 0 aliphatic rings. The maximum Gasteiger partial charge on any atom is 0.146 e. The minimum atomic E-state index is -0.916. The van der Waals surface area contributed by atoms with Crippen LogP contribution < -0.4 is 4.90 Å². The quantitative estimate of drug-likeness (QED) is 0.824. The van der Waals surface area contributed by atoms with E-state index in [4.69, 9.17) is 5.26 Å². The average Bonchev–Trinajstić information content (AvgIpc) is 2.17. The summed E-state index contributed by atoms with van der Waals surface area (Å²) in [6, 6.07) is 6.32. The fourth-order valence-corrected chi connectivity index (χ4v) is 1.30. The lowest BCUT2D eigenvalue weighted by molar-refractivity contribution is 0.183. The van der Waals surface area contributed by atoms with Gasteiger partial charge < -0.3 is 10.0 Å². The summed E-state index contributed by atoms with van der Waals surface area (Å²) in [7, 11) is 3.48. The molecule has 0 fully saturated rings. The second kappa shape index (κ2) is 4.76. The third-order valence-corrected chi connectivity index (χ3v) is 2.12. The van der Waals surface area contributed by atoms with Gasteiger partial charge >= 0.3 is 0 Å². The molecule has 0 radical (unpaired) electrons. The monoisotopic (exact) mass is 208 g/mol. The minimum Gasteiger partial charge on any atom is -0.387 e. The first-order valence-corrected chi connectivity index (χ1v) is 4.58. The maximum atomic E-state index is 13.5. The van der Waals surface area contributed by atoms with Gasteiger partial charge in [0, 0.05) is 14.1 Å². The Labute approximate surface area is 88.4 Å². The van der Waals surface area contributed by atoms with Crippen LogP contribution in [0.4, 0.5) is 10.1 Å². The summed E-state index contributed by atoms with van der Waals surface area (Å²) >= 11 is 0. The first-order valence-electron chi connectivity index (χ1n) is 4.58. The zero-order chi connectivity index (χ0) is 11.4. The Bertz CT molecular complexity index is 385. The number of halogens is 1. The molecule has 0 aromatic heterocycles. The van der Waals surface area contributed by atoms with Crippen LogP contribution in [0.25, 0.3) is 0 Å². The van der Waals surface area contributed by atoms with E-state index in [1.165, 1.54) is 6.07 Å². The summed E-state index contributed by atoms with van der Waals surface area (Å²) in [5.41, 5.74) is 0.891. The van der Waals surface area contributed by atoms with Gasteiger partial charge in [0.15, 0.2) is 0 Å². The first-order chi connectivity index (χ1) is 7.06. The van der Waals surface area contributed by atoms with E-state index in [1.807, 2.05) is 6.07 Å². The van der Waals surface area contributed by atoms with Crippen LogP contribution in [0.2, 0.25) is 0 Å². The van der Waals surface area contributed by atoms with Crippen LogP contribution in [-0.4, -0.2) is 19.2 Å². The van der Waals surface area contributed by atoms with Crippen LogP contribution in [0.3, 0.4) is 0 Å². The smallest absolute Gasteiger partial charge is 0.146 e. The molecule has 1 rings (SSSR count). The van der Waals surface area contributed by atoms with E-state index in [-0.39, 0.29) is 6.42 Å². The second-order valence-corrected chi connectivity index (χ2v) is 3.48. The maximum absolute atomic E-state index is 13.5. The van der Waals surface area contributed by atoms with Crippen LogP contribution in [-0.2, 0) is 0 Å². The highest BCUT2D eigenvalue weighted by Gasteiger charge is 2.11. The molecule has 0 saturated heterocycles. The predicted octanol–water partition coefficient (Wildman–Crippen LogP) is 1.84. The number of hydrogen-bond donors (Lipinski definition) is 1. The molecule has 80 valence electrons. The molecule has 0 bridgehead atoms. The van der Waals surface area contributed by atoms with Gasteiger partial charge in [-0.05, 0) is 17.7 Å². The van der Waals surface area contributed by atoms with E-state index < -0.39 is 11.9 Å². The van der Waals surface area contributed by atoms with E-state index in [1.54, 1.807) is 31.1 Å². The molecule has 0 heterocycles. The Morgan fingerprint density at radius 2 is 2.20 bits per heavy atom. The fraction of sp³-hybridized carbons (Fsp3) is 0.364. The summed E-state index contributed by atoms with van der Waals surface area (Å²) in [6.07, 6.45) is -0.943.